The fourth-order valence-corrected chi connectivity index (χ4v) is 1.78. The molecule has 0 bridgehead atoms. The molecular formula is C21H30O5. The Labute approximate surface area is 156 Å². The number of esters is 1. The predicted octanol–water partition coefficient (Wildman–Crippen LogP) is 2.44. The number of hydrogen-bond donors (Lipinski definition) is 3. The van der Waals surface area contributed by atoms with Crippen molar-refractivity contribution in [1.29, 1.82) is 0 Å². The van der Waals surface area contributed by atoms with Crippen LogP contribution in [0.1, 0.15) is 39.0 Å². The summed E-state index contributed by atoms with van der Waals surface area (Å²) < 4.78 is 4.51. The van der Waals surface area contributed by atoms with Crippen molar-refractivity contribution in [2.75, 3.05) is 7.11 Å². The average molecular weight is 362 g/mol. The van der Waals surface area contributed by atoms with Gasteiger partial charge in [-0.05, 0) is 31.4 Å². The van der Waals surface area contributed by atoms with Crippen molar-refractivity contribution in [3.63, 3.8) is 0 Å². The molecule has 5 nitrogen and oxygen atoms in total. The Morgan fingerprint density at radius 2 is 1.85 bits per heavy atom. The first-order valence-electron chi connectivity index (χ1n) is 8.77. The third-order valence-electron chi connectivity index (χ3n) is 3.42. The van der Waals surface area contributed by atoms with Gasteiger partial charge in [-0.15, -0.1) is 0 Å². The lowest BCUT2D eigenvalue weighted by atomic mass is 10.1. The fourth-order valence-electron chi connectivity index (χ4n) is 1.78. The number of rotatable bonds is 11. The molecule has 144 valence electrons. The normalized spacial score (nSPS) is 15.4. The first kappa shape index (κ1) is 23.9. The Balaban J connectivity index is 3.99. The molecule has 5 heteroatoms. The van der Waals surface area contributed by atoms with Crippen molar-refractivity contribution in [1.82, 2.24) is 0 Å². The van der Waals surface area contributed by atoms with E-state index in [1.165, 1.54) is 13.2 Å². The fraction of sp³-hybridized carbons (Fsp3) is 0.476. The zero-order valence-corrected chi connectivity index (χ0v) is 15.5. The van der Waals surface area contributed by atoms with Crippen molar-refractivity contribution in [3.8, 4) is 11.8 Å². The van der Waals surface area contributed by atoms with Gasteiger partial charge in [-0.2, -0.15) is 0 Å². The van der Waals surface area contributed by atoms with E-state index in [-0.39, 0.29) is 12.4 Å². The molecule has 0 aliphatic heterocycles. The van der Waals surface area contributed by atoms with Crippen LogP contribution >= 0.6 is 0 Å². The van der Waals surface area contributed by atoms with Gasteiger partial charge in [0, 0.05) is 12.8 Å². The van der Waals surface area contributed by atoms with Crippen LogP contribution in [0.15, 0.2) is 48.6 Å². The van der Waals surface area contributed by atoms with E-state index < -0.39 is 18.3 Å². The largest absolute Gasteiger partial charge is 0.469 e. The van der Waals surface area contributed by atoms with Gasteiger partial charge in [0.05, 0.1) is 25.4 Å². The van der Waals surface area contributed by atoms with Crippen LogP contribution in [0.3, 0.4) is 0 Å². The molecule has 3 N–H and O–H groups in total. The summed E-state index contributed by atoms with van der Waals surface area (Å²) in [7, 11) is 1.32. The van der Waals surface area contributed by atoms with E-state index >= 15 is 0 Å². The zero-order chi connectivity index (χ0) is 19.6. The van der Waals surface area contributed by atoms with Gasteiger partial charge in [-0.25, -0.2) is 0 Å². The summed E-state index contributed by atoms with van der Waals surface area (Å²) >= 11 is 0. The lowest BCUT2D eigenvalue weighted by Crippen LogP contribution is -2.23. The van der Waals surface area contributed by atoms with Gasteiger partial charge >= 0.3 is 5.97 Å². The third kappa shape index (κ3) is 14.2. The van der Waals surface area contributed by atoms with E-state index in [4.69, 9.17) is 0 Å². The van der Waals surface area contributed by atoms with E-state index in [2.05, 4.69) is 16.6 Å². The maximum Gasteiger partial charge on any atom is 0.305 e. The Kier molecular flexibility index (Phi) is 15.0. The molecule has 0 fully saturated rings. The minimum atomic E-state index is -0.975. The Bertz CT molecular complexity index is 548. The van der Waals surface area contributed by atoms with Crippen LogP contribution in [-0.2, 0) is 9.53 Å². The highest BCUT2D eigenvalue weighted by Gasteiger charge is 2.13. The molecule has 0 aromatic heterocycles. The molecule has 0 aromatic rings. The topological polar surface area (TPSA) is 87.0 Å². The van der Waals surface area contributed by atoms with E-state index in [0.29, 0.717) is 25.7 Å². The summed E-state index contributed by atoms with van der Waals surface area (Å²) in [5.74, 6) is 5.44. The summed E-state index contributed by atoms with van der Waals surface area (Å²) in [6.07, 6.45) is 13.7. The standard InChI is InChI=1S/C21H30O5/c1-3-18(22)14-11-9-7-5-4-6-8-10-12-15-19(23)20(24)16-13-17-21(25)26-2/h4,6,8,10-12,14-15,18-20,22-24H,3,5,13,16-17H2,1-2H3/b6-4-,10-8+,14-11+,15-12+. The highest BCUT2D eigenvalue weighted by molar-refractivity contribution is 5.68. The summed E-state index contributed by atoms with van der Waals surface area (Å²) in [6, 6.07) is 0. The molecule has 26 heavy (non-hydrogen) atoms. The second-order valence-electron chi connectivity index (χ2n) is 5.58. The Morgan fingerprint density at radius 1 is 1.12 bits per heavy atom. The lowest BCUT2D eigenvalue weighted by molar-refractivity contribution is -0.140. The number of aliphatic hydroxyl groups is 3. The number of carbonyl (C=O) groups excluding carboxylic acids is 1. The summed E-state index contributed by atoms with van der Waals surface area (Å²) in [6.45, 7) is 1.90. The molecule has 3 unspecified atom stereocenters. The average Bonchev–Trinajstić information content (AvgIpc) is 2.65. The lowest BCUT2D eigenvalue weighted by Gasteiger charge is -2.13. The van der Waals surface area contributed by atoms with Crippen LogP contribution < -0.4 is 0 Å². The highest BCUT2D eigenvalue weighted by Crippen LogP contribution is 2.07. The number of ether oxygens (including phenoxy) is 1. The number of methoxy groups -OCH3 is 1. The van der Waals surface area contributed by atoms with E-state index in [1.54, 1.807) is 30.4 Å². The van der Waals surface area contributed by atoms with Gasteiger partial charge in [0.1, 0.15) is 0 Å². The summed E-state index contributed by atoms with van der Waals surface area (Å²) in [4.78, 5) is 11.0. The van der Waals surface area contributed by atoms with Crippen molar-refractivity contribution < 1.29 is 24.9 Å². The Hall–Kier alpha value is -2.13. The van der Waals surface area contributed by atoms with Gasteiger partial charge in [-0.3, -0.25) is 4.79 Å². The number of allylic oxidation sites excluding steroid dienone is 6. The van der Waals surface area contributed by atoms with Crippen molar-refractivity contribution in [2.45, 2.75) is 57.3 Å². The highest BCUT2D eigenvalue weighted by atomic mass is 16.5. The van der Waals surface area contributed by atoms with E-state index in [0.717, 1.165) is 0 Å². The molecule has 0 radical (unpaired) electrons. The third-order valence-corrected chi connectivity index (χ3v) is 3.42. The first-order chi connectivity index (χ1) is 12.5. The van der Waals surface area contributed by atoms with E-state index in [9.17, 15) is 20.1 Å². The molecule has 0 aliphatic rings. The molecule has 0 amide bonds. The molecule has 0 aromatic carbocycles. The smallest absolute Gasteiger partial charge is 0.305 e. The molecule has 0 saturated heterocycles. The Morgan fingerprint density at radius 3 is 2.54 bits per heavy atom. The van der Waals surface area contributed by atoms with Crippen molar-refractivity contribution in [2.24, 2.45) is 0 Å². The second kappa shape index (κ2) is 16.3. The van der Waals surface area contributed by atoms with Gasteiger partial charge in [0.2, 0.25) is 0 Å². The van der Waals surface area contributed by atoms with Crippen LogP contribution in [0.25, 0.3) is 0 Å². The minimum Gasteiger partial charge on any atom is -0.469 e. The molecule has 0 heterocycles. The van der Waals surface area contributed by atoms with Crippen LogP contribution in [0.5, 0.6) is 0 Å². The molecule has 0 rings (SSSR count). The molecular weight excluding hydrogens is 332 g/mol. The van der Waals surface area contributed by atoms with Gasteiger partial charge in [-0.1, -0.05) is 55.2 Å². The number of hydrogen-bond acceptors (Lipinski definition) is 5. The molecule has 0 aliphatic carbocycles. The van der Waals surface area contributed by atoms with Gasteiger partial charge in [0.15, 0.2) is 0 Å². The molecule has 3 atom stereocenters. The van der Waals surface area contributed by atoms with Crippen LogP contribution in [0, 0.1) is 11.8 Å². The maximum atomic E-state index is 11.0. The van der Waals surface area contributed by atoms with E-state index in [1.807, 2.05) is 19.1 Å². The number of aliphatic hydroxyl groups excluding tert-OH is 3. The zero-order valence-electron chi connectivity index (χ0n) is 15.5. The monoisotopic (exact) mass is 362 g/mol. The second-order valence-corrected chi connectivity index (χ2v) is 5.58. The van der Waals surface area contributed by atoms with Gasteiger partial charge < -0.3 is 20.1 Å². The van der Waals surface area contributed by atoms with Crippen LogP contribution in [-0.4, -0.2) is 46.7 Å². The molecule has 0 spiro atoms. The maximum absolute atomic E-state index is 11.0. The SMILES string of the molecule is CCC(O)/C=C/C#CC\C=C/C=C/C=C/C(O)C(O)CCCC(=O)OC. The predicted molar refractivity (Wildman–Crippen MR) is 103 cm³/mol. The van der Waals surface area contributed by atoms with Crippen molar-refractivity contribution in [3.05, 3.63) is 48.6 Å². The number of carbonyl (C=O) groups is 1. The summed E-state index contributed by atoms with van der Waals surface area (Å²) in [5, 5.41) is 28.8. The quantitative estimate of drug-likeness (QED) is 0.299. The van der Waals surface area contributed by atoms with Crippen LogP contribution in [0.4, 0.5) is 0 Å². The molecule has 0 saturated carbocycles. The van der Waals surface area contributed by atoms with Crippen LogP contribution in [0.2, 0.25) is 0 Å². The first-order valence-corrected chi connectivity index (χ1v) is 8.77. The van der Waals surface area contributed by atoms with Crippen molar-refractivity contribution >= 4 is 5.97 Å². The summed E-state index contributed by atoms with van der Waals surface area (Å²) in [5.41, 5.74) is 0. The minimum absolute atomic E-state index is 0.229. The van der Waals surface area contributed by atoms with Gasteiger partial charge in [0.25, 0.3) is 0 Å².